The molecule has 0 spiro atoms. The molecule has 0 bridgehead atoms. The molecule has 0 saturated carbocycles. The van der Waals surface area contributed by atoms with Crippen LogP contribution in [0.3, 0.4) is 0 Å². The average molecular weight is 438 g/mol. The van der Waals surface area contributed by atoms with Crippen LogP contribution in [0.2, 0.25) is 0 Å². The lowest BCUT2D eigenvalue weighted by atomic mass is 10.1. The second-order valence-electron chi connectivity index (χ2n) is 7.08. The topological polar surface area (TPSA) is 97.8 Å². The summed E-state index contributed by atoms with van der Waals surface area (Å²) in [6, 6.07) is 12.7. The van der Waals surface area contributed by atoms with Gasteiger partial charge in [0.05, 0.1) is 34.8 Å². The molecule has 0 saturated heterocycles. The molecule has 2 aromatic carbocycles. The van der Waals surface area contributed by atoms with E-state index in [2.05, 4.69) is 0 Å². The molecule has 0 amide bonds. The van der Waals surface area contributed by atoms with Crippen molar-refractivity contribution in [1.82, 2.24) is 0 Å². The van der Waals surface area contributed by atoms with Crippen molar-refractivity contribution in [3.63, 3.8) is 0 Å². The van der Waals surface area contributed by atoms with Crippen LogP contribution in [-0.2, 0) is 31.0 Å². The van der Waals surface area contributed by atoms with E-state index in [0.717, 1.165) is 11.8 Å². The Hall–Kier alpha value is -2.39. The van der Waals surface area contributed by atoms with E-state index in [1.807, 2.05) is 6.92 Å². The lowest BCUT2D eigenvalue weighted by molar-refractivity contribution is 0.0505. The summed E-state index contributed by atoms with van der Waals surface area (Å²) in [5.41, 5.74) is 1.66. The normalized spacial score (nSPS) is 16.5. The Labute approximate surface area is 171 Å². The van der Waals surface area contributed by atoms with E-state index in [9.17, 15) is 21.6 Å². The summed E-state index contributed by atoms with van der Waals surface area (Å²) in [6.45, 7) is 1.79. The molecule has 1 aliphatic rings. The summed E-state index contributed by atoms with van der Waals surface area (Å²) in [6.07, 6.45) is 1.86. The maximum Gasteiger partial charge on any atom is 0.338 e. The van der Waals surface area contributed by atoms with E-state index >= 15 is 0 Å². The number of carbonyl (C=O) groups excluding carboxylic acids is 1. The first kappa shape index (κ1) is 21.3. The van der Waals surface area contributed by atoms with Gasteiger partial charge in [0, 0.05) is 6.04 Å². The maximum atomic E-state index is 12.3. The Balaban J connectivity index is 1.59. The number of rotatable bonds is 7. The highest BCUT2D eigenvalue weighted by atomic mass is 32.2. The molecule has 29 heavy (non-hydrogen) atoms. The Morgan fingerprint density at radius 1 is 1.10 bits per heavy atom. The number of nitrogens with zero attached hydrogens (tertiary/aromatic N) is 1. The van der Waals surface area contributed by atoms with Crippen LogP contribution < -0.4 is 4.31 Å². The fraction of sp³-hybridized carbons (Fsp3) is 0.350. The number of fused-ring (bicyclic) bond motifs is 1. The number of hydrogen-bond donors (Lipinski definition) is 0. The second kappa shape index (κ2) is 8.16. The van der Waals surface area contributed by atoms with Gasteiger partial charge >= 0.3 is 5.97 Å². The van der Waals surface area contributed by atoms with Crippen molar-refractivity contribution < 1.29 is 26.4 Å². The molecule has 0 aliphatic carbocycles. The van der Waals surface area contributed by atoms with Gasteiger partial charge in [0.1, 0.15) is 0 Å². The van der Waals surface area contributed by atoms with Crippen molar-refractivity contribution in [3.8, 4) is 0 Å². The predicted octanol–water partition coefficient (Wildman–Crippen LogP) is 2.42. The maximum absolute atomic E-state index is 12.3. The van der Waals surface area contributed by atoms with Gasteiger partial charge in [-0.05, 0) is 55.7 Å². The number of sulfonamides is 1. The van der Waals surface area contributed by atoms with Crippen molar-refractivity contribution in [2.24, 2.45) is 0 Å². The fourth-order valence-electron chi connectivity index (χ4n) is 3.48. The van der Waals surface area contributed by atoms with E-state index in [4.69, 9.17) is 4.74 Å². The highest BCUT2D eigenvalue weighted by Crippen LogP contribution is 2.34. The molecule has 2 aromatic rings. The molecule has 1 unspecified atom stereocenters. The van der Waals surface area contributed by atoms with Crippen LogP contribution in [0.1, 0.15) is 29.3 Å². The van der Waals surface area contributed by atoms with E-state index in [1.165, 1.54) is 22.5 Å². The third-order valence-corrected chi connectivity index (χ3v) is 7.81. The lowest BCUT2D eigenvalue weighted by Crippen LogP contribution is -2.34. The van der Waals surface area contributed by atoms with Crippen LogP contribution in [0.25, 0.3) is 0 Å². The van der Waals surface area contributed by atoms with Gasteiger partial charge in [0.25, 0.3) is 0 Å². The minimum atomic E-state index is -3.41. The quantitative estimate of drug-likeness (QED) is 0.487. The number of sulfone groups is 1. The number of carbonyl (C=O) groups is 1. The second-order valence-corrected chi connectivity index (χ2v) is 11.0. The van der Waals surface area contributed by atoms with Gasteiger partial charge in [-0.3, -0.25) is 4.31 Å². The highest BCUT2D eigenvalue weighted by molar-refractivity contribution is 7.92. The molecule has 9 heteroatoms. The van der Waals surface area contributed by atoms with Gasteiger partial charge in [0.2, 0.25) is 10.0 Å². The first-order valence-corrected chi connectivity index (χ1v) is 12.7. The molecular weight excluding hydrogens is 414 g/mol. The third kappa shape index (κ3) is 4.79. The van der Waals surface area contributed by atoms with Crippen LogP contribution in [0.5, 0.6) is 0 Å². The van der Waals surface area contributed by atoms with E-state index in [0.29, 0.717) is 17.7 Å². The molecular formula is C20H23NO6S2. The van der Waals surface area contributed by atoms with Crippen molar-refractivity contribution in [1.29, 1.82) is 0 Å². The Morgan fingerprint density at radius 2 is 1.79 bits per heavy atom. The predicted molar refractivity (Wildman–Crippen MR) is 110 cm³/mol. The smallest absolute Gasteiger partial charge is 0.338 e. The fourth-order valence-corrected chi connectivity index (χ4v) is 6.05. The number of benzene rings is 2. The average Bonchev–Trinajstić information content (AvgIpc) is 3.00. The highest BCUT2D eigenvalue weighted by Gasteiger charge is 2.32. The van der Waals surface area contributed by atoms with Crippen LogP contribution in [0, 0.1) is 0 Å². The van der Waals surface area contributed by atoms with E-state index in [1.54, 1.807) is 30.3 Å². The van der Waals surface area contributed by atoms with Crippen molar-refractivity contribution in [2.75, 3.05) is 22.9 Å². The van der Waals surface area contributed by atoms with Gasteiger partial charge < -0.3 is 4.74 Å². The van der Waals surface area contributed by atoms with E-state index < -0.39 is 25.8 Å². The van der Waals surface area contributed by atoms with Crippen LogP contribution >= 0.6 is 0 Å². The Morgan fingerprint density at radius 3 is 2.45 bits per heavy atom. The summed E-state index contributed by atoms with van der Waals surface area (Å²) in [5.74, 6) is -0.676. The van der Waals surface area contributed by atoms with Crippen molar-refractivity contribution >= 4 is 31.5 Å². The van der Waals surface area contributed by atoms with Gasteiger partial charge in [-0.25, -0.2) is 21.6 Å². The standard InChI is InChI=1S/C20H23NO6S2/c1-15-13-17-14-16(9-10-19(17)21(15)28(2,23)24)20(22)27-11-6-12-29(25,26)18-7-4-3-5-8-18/h3-5,7-10,14-15H,6,11-13H2,1-2H3. The van der Waals surface area contributed by atoms with Crippen LogP contribution in [-0.4, -0.2) is 47.5 Å². The summed E-state index contributed by atoms with van der Waals surface area (Å²) in [4.78, 5) is 12.5. The molecule has 1 atom stereocenters. The van der Waals surface area contributed by atoms with Gasteiger partial charge in [-0.15, -0.1) is 0 Å². The zero-order valence-corrected chi connectivity index (χ0v) is 17.9. The first-order valence-electron chi connectivity index (χ1n) is 9.17. The number of ether oxygens (including phenoxy) is 1. The number of hydrogen-bond acceptors (Lipinski definition) is 6. The molecule has 0 N–H and O–H groups in total. The largest absolute Gasteiger partial charge is 0.462 e. The number of anilines is 1. The minimum Gasteiger partial charge on any atom is -0.462 e. The SMILES string of the molecule is CC1Cc2cc(C(=O)OCCCS(=O)(=O)c3ccccc3)ccc2N1S(C)(=O)=O. The molecule has 0 fully saturated rings. The van der Waals surface area contributed by atoms with Gasteiger partial charge in [0.15, 0.2) is 9.84 Å². The molecule has 0 aromatic heterocycles. The molecule has 1 aliphatic heterocycles. The van der Waals surface area contributed by atoms with Crippen molar-refractivity contribution in [2.45, 2.75) is 30.7 Å². The van der Waals surface area contributed by atoms with E-state index in [-0.39, 0.29) is 29.7 Å². The monoisotopic (exact) mass is 437 g/mol. The molecule has 1 heterocycles. The van der Waals surface area contributed by atoms with Crippen molar-refractivity contribution in [3.05, 3.63) is 59.7 Å². The van der Waals surface area contributed by atoms with Crippen LogP contribution in [0.4, 0.5) is 5.69 Å². The Kier molecular flexibility index (Phi) is 6.00. The number of esters is 1. The zero-order valence-electron chi connectivity index (χ0n) is 16.2. The van der Waals surface area contributed by atoms with Crippen LogP contribution in [0.15, 0.2) is 53.4 Å². The first-order chi connectivity index (χ1) is 13.6. The lowest BCUT2D eigenvalue weighted by Gasteiger charge is -2.21. The molecule has 156 valence electrons. The summed E-state index contributed by atoms with van der Waals surface area (Å²) in [7, 11) is -6.80. The van der Waals surface area contributed by atoms with Gasteiger partial charge in [-0.2, -0.15) is 0 Å². The summed E-state index contributed by atoms with van der Waals surface area (Å²) < 4.78 is 54.9. The summed E-state index contributed by atoms with van der Waals surface area (Å²) in [5, 5.41) is 0. The zero-order chi connectivity index (χ0) is 21.2. The Bertz CT molecular complexity index is 1110. The van der Waals surface area contributed by atoms with Gasteiger partial charge in [-0.1, -0.05) is 18.2 Å². The third-order valence-electron chi connectivity index (χ3n) is 4.72. The minimum absolute atomic E-state index is 0.0200. The summed E-state index contributed by atoms with van der Waals surface area (Å²) >= 11 is 0. The molecule has 3 rings (SSSR count). The molecule has 7 nitrogen and oxygen atoms in total. The molecule has 0 radical (unpaired) electrons.